The SMILES string of the molecule is O=C(NCc1ccc(Cl)cc1)c1ccc(N2CCN[C@H](c3ccccc3)C2)nc1. The number of nitrogens with one attached hydrogen (secondary N) is 2. The second kappa shape index (κ2) is 9.07. The Morgan fingerprint density at radius 2 is 1.90 bits per heavy atom. The third-order valence-corrected chi connectivity index (χ3v) is 5.33. The van der Waals surface area contributed by atoms with Crippen LogP contribution in [0.15, 0.2) is 72.9 Å². The van der Waals surface area contributed by atoms with Crippen molar-refractivity contribution in [1.82, 2.24) is 15.6 Å². The van der Waals surface area contributed by atoms with Gasteiger partial charge in [-0.2, -0.15) is 0 Å². The summed E-state index contributed by atoms with van der Waals surface area (Å²) in [6, 6.07) is 21.9. The van der Waals surface area contributed by atoms with Crippen molar-refractivity contribution in [3.63, 3.8) is 0 Å². The number of benzene rings is 2. The molecule has 2 heterocycles. The zero-order chi connectivity index (χ0) is 20.1. The van der Waals surface area contributed by atoms with E-state index in [4.69, 9.17) is 11.6 Å². The molecule has 1 atom stereocenters. The summed E-state index contributed by atoms with van der Waals surface area (Å²) in [6.07, 6.45) is 1.64. The van der Waals surface area contributed by atoms with E-state index in [2.05, 4.69) is 44.8 Å². The van der Waals surface area contributed by atoms with Crippen LogP contribution in [0, 0.1) is 0 Å². The fourth-order valence-electron chi connectivity index (χ4n) is 3.46. The molecule has 0 spiro atoms. The number of anilines is 1. The standard InChI is InChI=1S/C23H23ClN4O/c24-20-9-6-17(7-10-20)14-27-23(29)19-8-11-22(26-15-19)28-13-12-25-21(16-28)18-4-2-1-3-5-18/h1-11,15,21,25H,12-14,16H2,(H,27,29)/t21-/m0/s1. The number of amides is 1. The van der Waals surface area contributed by atoms with Crippen LogP contribution in [0.4, 0.5) is 5.82 Å². The van der Waals surface area contributed by atoms with E-state index in [9.17, 15) is 4.79 Å². The normalized spacial score (nSPS) is 16.4. The Bertz CT molecular complexity index is 945. The summed E-state index contributed by atoms with van der Waals surface area (Å²) in [5, 5.41) is 7.16. The van der Waals surface area contributed by atoms with Gasteiger partial charge in [-0.1, -0.05) is 54.1 Å². The molecule has 5 nitrogen and oxygen atoms in total. The summed E-state index contributed by atoms with van der Waals surface area (Å²) in [5.74, 6) is 0.753. The van der Waals surface area contributed by atoms with Crippen molar-refractivity contribution in [3.8, 4) is 0 Å². The molecule has 1 aliphatic heterocycles. The maximum atomic E-state index is 12.4. The van der Waals surface area contributed by atoms with E-state index in [0.29, 0.717) is 17.1 Å². The van der Waals surface area contributed by atoms with E-state index < -0.39 is 0 Å². The predicted molar refractivity (Wildman–Crippen MR) is 116 cm³/mol. The van der Waals surface area contributed by atoms with Crippen LogP contribution in [0.1, 0.15) is 27.5 Å². The van der Waals surface area contributed by atoms with Gasteiger partial charge >= 0.3 is 0 Å². The molecule has 3 aromatic rings. The molecule has 2 N–H and O–H groups in total. The van der Waals surface area contributed by atoms with Crippen LogP contribution in [0.3, 0.4) is 0 Å². The van der Waals surface area contributed by atoms with Crippen molar-refractivity contribution in [2.24, 2.45) is 0 Å². The molecule has 1 saturated heterocycles. The smallest absolute Gasteiger partial charge is 0.253 e. The van der Waals surface area contributed by atoms with E-state index >= 15 is 0 Å². The lowest BCUT2D eigenvalue weighted by Crippen LogP contribution is -2.46. The first-order chi connectivity index (χ1) is 14.2. The monoisotopic (exact) mass is 406 g/mol. The summed E-state index contributed by atoms with van der Waals surface area (Å²) in [7, 11) is 0. The molecule has 0 unspecified atom stereocenters. The third kappa shape index (κ3) is 4.94. The number of hydrogen-bond acceptors (Lipinski definition) is 4. The molecule has 0 bridgehead atoms. The first-order valence-electron chi connectivity index (χ1n) is 9.71. The molecule has 29 heavy (non-hydrogen) atoms. The third-order valence-electron chi connectivity index (χ3n) is 5.08. The second-order valence-corrected chi connectivity index (χ2v) is 7.51. The van der Waals surface area contributed by atoms with Gasteiger partial charge in [0.25, 0.3) is 5.91 Å². The highest BCUT2D eigenvalue weighted by Crippen LogP contribution is 2.21. The van der Waals surface area contributed by atoms with Crippen molar-refractivity contribution in [1.29, 1.82) is 0 Å². The molecule has 2 aromatic carbocycles. The Morgan fingerprint density at radius 1 is 1.10 bits per heavy atom. The van der Waals surface area contributed by atoms with Gasteiger partial charge in [0.2, 0.25) is 0 Å². The fraction of sp³-hybridized carbons (Fsp3) is 0.217. The lowest BCUT2D eigenvalue weighted by atomic mass is 10.0. The molecule has 0 saturated carbocycles. The Kier molecular flexibility index (Phi) is 6.08. The Balaban J connectivity index is 1.37. The van der Waals surface area contributed by atoms with Crippen LogP contribution < -0.4 is 15.5 Å². The Morgan fingerprint density at radius 3 is 2.62 bits per heavy atom. The Labute approximate surface area is 175 Å². The maximum absolute atomic E-state index is 12.4. The Hall–Kier alpha value is -2.89. The predicted octanol–water partition coefficient (Wildman–Crippen LogP) is 3.82. The molecule has 0 radical (unpaired) electrons. The number of carbonyl (C=O) groups excluding carboxylic acids is 1. The average Bonchev–Trinajstić information content (AvgIpc) is 2.79. The lowest BCUT2D eigenvalue weighted by molar-refractivity contribution is 0.0950. The zero-order valence-electron chi connectivity index (χ0n) is 16.0. The van der Waals surface area contributed by atoms with Gasteiger partial charge < -0.3 is 15.5 Å². The second-order valence-electron chi connectivity index (χ2n) is 7.08. The molecular formula is C23H23ClN4O. The molecule has 1 aromatic heterocycles. The van der Waals surface area contributed by atoms with E-state index in [1.54, 1.807) is 6.20 Å². The fourth-order valence-corrected chi connectivity index (χ4v) is 3.59. The van der Waals surface area contributed by atoms with Gasteiger partial charge in [0.15, 0.2) is 0 Å². The first kappa shape index (κ1) is 19.4. The highest BCUT2D eigenvalue weighted by molar-refractivity contribution is 6.30. The lowest BCUT2D eigenvalue weighted by Gasteiger charge is -2.34. The van der Waals surface area contributed by atoms with Crippen molar-refractivity contribution in [3.05, 3.63) is 94.6 Å². The minimum Gasteiger partial charge on any atom is -0.353 e. The number of aromatic nitrogens is 1. The molecular weight excluding hydrogens is 384 g/mol. The number of carbonyl (C=O) groups is 1. The average molecular weight is 407 g/mol. The van der Waals surface area contributed by atoms with Gasteiger partial charge in [0, 0.05) is 43.4 Å². The van der Waals surface area contributed by atoms with Crippen molar-refractivity contribution < 1.29 is 4.79 Å². The molecule has 148 valence electrons. The van der Waals surface area contributed by atoms with Crippen LogP contribution in [-0.2, 0) is 6.54 Å². The number of halogens is 1. The zero-order valence-corrected chi connectivity index (χ0v) is 16.8. The van der Waals surface area contributed by atoms with Crippen LogP contribution in [0.5, 0.6) is 0 Å². The molecule has 1 amide bonds. The van der Waals surface area contributed by atoms with E-state index in [0.717, 1.165) is 31.0 Å². The van der Waals surface area contributed by atoms with Crippen molar-refractivity contribution in [2.45, 2.75) is 12.6 Å². The van der Waals surface area contributed by atoms with Crippen LogP contribution in [0.2, 0.25) is 5.02 Å². The molecule has 4 rings (SSSR count). The largest absolute Gasteiger partial charge is 0.353 e. The summed E-state index contributed by atoms with van der Waals surface area (Å²) >= 11 is 5.89. The van der Waals surface area contributed by atoms with E-state index in [-0.39, 0.29) is 11.9 Å². The molecule has 6 heteroatoms. The van der Waals surface area contributed by atoms with Crippen LogP contribution in [0.25, 0.3) is 0 Å². The number of pyridine rings is 1. The van der Waals surface area contributed by atoms with Gasteiger partial charge in [0.1, 0.15) is 5.82 Å². The van der Waals surface area contributed by atoms with Crippen LogP contribution >= 0.6 is 11.6 Å². The minimum atomic E-state index is -0.138. The van der Waals surface area contributed by atoms with Crippen molar-refractivity contribution in [2.75, 3.05) is 24.5 Å². The van der Waals surface area contributed by atoms with Gasteiger partial charge in [-0.05, 0) is 35.4 Å². The number of nitrogens with zero attached hydrogens (tertiary/aromatic N) is 2. The minimum absolute atomic E-state index is 0.138. The van der Waals surface area contributed by atoms with Gasteiger partial charge in [0.05, 0.1) is 5.56 Å². The van der Waals surface area contributed by atoms with Gasteiger partial charge in [-0.25, -0.2) is 4.98 Å². The highest BCUT2D eigenvalue weighted by atomic mass is 35.5. The first-order valence-corrected chi connectivity index (χ1v) is 10.1. The number of rotatable bonds is 5. The van der Waals surface area contributed by atoms with E-state index in [1.807, 2.05) is 42.5 Å². The quantitative estimate of drug-likeness (QED) is 0.676. The number of hydrogen-bond donors (Lipinski definition) is 2. The van der Waals surface area contributed by atoms with Gasteiger partial charge in [-0.3, -0.25) is 4.79 Å². The van der Waals surface area contributed by atoms with Crippen molar-refractivity contribution >= 4 is 23.3 Å². The summed E-state index contributed by atoms with van der Waals surface area (Å²) in [4.78, 5) is 19.2. The summed E-state index contributed by atoms with van der Waals surface area (Å²) in [5.41, 5.74) is 2.83. The summed E-state index contributed by atoms with van der Waals surface area (Å²) in [6.45, 7) is 3.08. The maximum Gasteiger partial charge on any atom is 0.253 e. The molecule has 1 aliphatic rings. The van der Waals surface area contributed by atoms with Crippen LogP contribution in [-0.4, -0.2) is 30.5 Å². The van der Waals surface area contributed by atoms with E-state index in [1.165, 1.54) is 5.56 Å². The number of piperazine rings is 1. The highest BCUT2D eigenvalue weighted by Gasteiger charge is 2.21. The molecule has 0 aliphatic carbocycles. The molecule has 1 fully saturated rings. The van der Waals surface area contributed by atoms with Gasteiger partial charge in [-0.15, -0.1) is 0 Å². The summed E-state index contributed by atoms with van der Waals surface area (Å²) < 4.78 is 0. The topological polar surface area (TPSA) is 57.3 Å².